The summed E-state index contributed by atoms with van der Waals surface area (Å²) in [7, 11) is 0. The molecule has 0 aliphatic rings. The van der Waals surface area contributed by atoms with Gasteiger partial charge in [-0.1, -0.05) is 6.07 Å². The second-order valence-electron chi connectivity index (χ2n) is 3.76. The Kier molecular flexibility index (Phi) is 2.25. The van der Waals surface area contributed by atoms with Crippen molar-refractivity contribution in [1.82, 2.24) is 9.38 Å². The van der Waals surface area contributed by atoms with Crippen LogP contribution in [0.5, 0.6) is 0 Å². The summed E-state index contributed by atoms with van der Waals surface area (Å²) in [5, 5.41) is 0. The van der Waals surface area contributed by atoms with Crippen LogP contribution in [0, 0.1) is 6.92 Å². The Labute approximate surface area is 83.6 Å². The molecule has 2 aromatic heterocycles. The van der Waals surface area contributed by atoms with Crippen molar-refractivity contribution in [1.29, 1.82) is 0 Å². The fraction of sp³-hybridized carbons (Fsp3) is 0.364. The van der Waals surface area contributed by atoms with Gasteiger partial charge in [0, 0.05) is 18.2 Å². The van der Waals surface area contributed by atoms with Gasteiger partial charge in [-0.25, -0.2) is 4.98 Å². The van der Waals surface area contributed by atoms with E-state index in [0.717, 1.165) is 17.8 Å². The zero-order valence-electron chi connectivity index (χ0n) is 8.57. The third kappa shape index (κ3) is 1.51. The molecule has 0 aliphatic heterocycles. The van der Waals surface area contributed by atoms with Gasteiger partial charge in [-0.2, -0.15) is 0 Å². The summed E-state index contributed by atoms with van der Waals surface area (Å²) in [6.45, 7) is 4.03. The van der Waals surface area contributed by atoms with E-state index in [1.165, 1.54) is 5.69 Å². The van der Waals surface area contributed by atoms with Crippen molar-refractivity contribution in [2.24, 2.45) is 5.73 Å². The maximum absolute atomic E-state index is 5.80. The zero-order chi connectivity index (χ0) is 10.1. The smallest absolute Gasteiger partial charge is 0.110 e. The minimum Gasteiger partial charge on any atom is -0.328 e. The van der Waals surface area contributed by atoms with Crippen LogP contribution < -0.4 is 5.73 Å². The number of hydrogen-bond donors (Lipinski definition) is 1. The lowest BCUT2D eigenvalue weighted by atomic mass is 10.1. The summed E-state index contributed by atoms with van der Waals surface area (Å²) in [4.78, 5) is 4.29. The molecular formula is C11H15N3. The molecule has 2 heterocycles. The number of rotatable bonds is 2. The van der Waals surface area contributed by atoms with Crippen molar-refractivity contribution in [3.05, 3.63) is 35.9 Å². The molecule has 2 rings (SSSR count). The zero-order valence-corrected chi connectivity index (χ0v) is 8.57. The average molecular weight is 189 g/mol. The van der Waals surface area contributed by atoms with E-state index in [1.807, 2.05) is 26.1 Å². The van der Waals surface area contributed by atoms with Crippen molar-refractivity contribution in [3.8, 4) is 0 Å². The Morgan fingerprint density at radius 2 is 2.29 bits per heavy atom. The quantitative estimate of drug-likeness (QED) is 0.778. The molecule has 0 fully saturated rings. The summed E-state index contributed by atoms with van der Waals surface area (Å²) in [6, 6.07) is 6.39. The Balaban J connectivity index is 2.57. The van der Waals surface area contributed by atoms with E-state index in [1.54, 1.807) is 0 Å². The van der Waals surface area contributed by atoms with E-state index >= 15 is 0 Å². The molecule has 0 bridgehead atoms. The third-order valence-corrected chi connectivity index (χ3v) is 2.34. The highest BCUT2D eigenvalue weighted by Crippen LogP contribution is 2.11. The van der Waals surface area contributed by atoms with Gasteiger partial charge in [-0.05, 0) is 26.0 Å². The first kappa shape index (κ1) is 9.21. The molecule has 1 unspecified atom stereocenters. The molecule has 74 valence electrons. The highest BCUT2D eigenvalue weighted by atomic mass is 15.0. The highest BCUT2D eigenvalue weighted by molar-refractivity contribution is 5.47. The van der Waals surface area contributed by atoms with Gasteiger partial charge < -0.3 is 10.1 Å². The van der Waals surface area contributed by atoms with E-state index in [9.17, 15) is 0 Å². The molecule has 3 nitrogen and oxygen atoms in total. The maximum Gasteiger partial charge on any atom is 0.110 e. The molecule has 0 saturated carbocycles. The second kappa shape index (κ2) is 3.42. The molecule has 2 aromatic rings. The molecule has 0 amide bonds. The van der Waals surface area contributed by atoms with Gasteiger partial charge in [-0.3, -0.25) is 0 Å². The van der Waals surface area contributed by atoms with Crippen LogP contribution in [0.2, 0.25) is 0 Å². The molecule has 0 aliphatic carbocycles. The summed E-state index contributed by atoms with van der Waals surface area (Å²) >= 11 is 0. The van der Waals surface area contributed by atoms with Crippen molar-refractivity contribution in [2.45, 2.75) is 26.3 Å². The minimum atomic E-state index is 0.183. The lowest BCUT2D eigenvalue weighted by Gasteiger charge is -2.09. The molecule has 0 spiro atoms. The summed E-state index contributed by atoms with van der Waals surface area (Å²) in [6.07, 6.45) is 2.77. The molecule has 0 saturated heterocycles. The number of fused-ring (bicyclic) bond motifs is 1. The monoisotopic (exact) mass is 189 g/mol. The Bertz CT molecular complexity index is 443. The molecular weight excluding hydrogens is 174 g/mol. The van der Waals surface area contributed by atoms with Crippen LogP contribution in [0.15, 0.2) is 24.4 Å². The molecule has 0 aromatic carbocycles. The first-order chi connectivity index (χ1) is 6.68. The fourth-order valence-corrected chi connectivity index (χ4v) is 1.77. The normalized spacial score (nSPS) is 13.4. The minimum absolute atomic E-state index is 0.183. The van der Waals surface area contributed by atoms with E-state index < -0.39 is 0 Å². The lowest BCUT2D eigenvalue weighted by molar-refractivity contribution is 0.710. The summed E-state index contributed by atoms with van der Waals surface area (Å²) in [5.74, 6) is 1.02. The van der Waals surface area contributed by atoms with E-state index in [4.69, 9.17) is 5.73 Å². The topological polar surface area (TPSA) is 43.3 Å². The van der Waals surface area contributed by atoms with Crippen molar-refractivity contribution in [2.75, 3.05) is 0 Å². The van der Waals surface area contributed by atoms with E-state index in [2.05, 4.69) is 21.5 Å². The first-order valence-corrected chi connectivity index (χ1v) is 4.86. The van der Waals surface area contributed by atoms with Crippen molar-refractivity contribution in [3.63, 3.8) is 0 Å². The predicted molar refractivity (Wildman–Crippen MR) is 57.3 cm³/mol. The predicted octanol–water partition coefficient (Wildman–Crippen LogP) is 1.53. The molecule has 0 radical (unpaired) electrons. The lowest BCUT2D eigenvalue weighted by Crippen LogP contribution is -2.19. The maximum atomic E-state index is 5.80. The van der Waals surface area contributed by atoms with Crippen LogP contribution in [0.3, 0.4) is 0 Å². The van der Waals surface area contributed by atoms with Crippen LogP contribution in [-0.4, -0.2) is 15.4 Å². The first-order valence-electron chi connectivity index (χ1n) is 4.86. The van der Waals surface area contributed by atoms with Gasteiger partial charge in [0.15, 0.2) is 0 Å². The molecule has 2 N–H and O–H groups in total. The Morgan fingerprint density at radius 1 is 1.50 bits per heavy atom. The van der Waals surface area contributed by atoms with Gasteiger partial charge >= 0.3 is 0 Å². The number of nitrogens with zero attached hydrogens (tertiary/aromatic N) is 2. The summed E-state index contributed by atoms with van der Waals surface area (Å²) < 4.78 is 2.16. The molecule has 1 atom stereocenters. The van der Waals surface area contributed by atoms with Crippen LogP contribution in [0.25, 0.3) is 5.52 Å². The van der Waals surface area contributed by atoms with Crippen LogP contribution in [0.1, 0.15) is 18.4 Å². The van der Waals surface area contributed by atoms with Gasteiger partial charge in [0.05, 0.1) is 11.7 Å². The number of aryl methyl sites for hydroxylation is 1. The number of aromatic nitrogens is 2. The van der Waals surface area contributed by atoms with Crippen LogP contribution in [-0.2, 0) is 6.42 Å². The average Bonchev–Trinajstić information content (AvgIpc) is 2.48. The van der Waals surface area contributed by atoms with Crippen LogP contribution >= 0.6 is 0 Å². The number of imidazole rings is 1. The van der Waals surface area contributed by atoms with Gasteiger partial charge in [-0.15, -0.1) is 0 Å². The molecule has 3 heteroatoms. The SMILES string of the molecule is Cc1ncc2cccc(CC(C)N)n12. The Hall–Kier alpha value is -1.35. The number of hydrogen-bond acceptors (Lipinski definition) is 2. The van der Waals surface area contributed by atoms with Gasteiger partial charge in [0.2, 0.25) is 0 Å². The largest absolute Gasteiger partial charge is 0.328 e. The van der Waals surface area contributed by atoms with Crippen LogP contribution in [0.4, 0.5) is 0 Å². The number of nitrogens with two attached hydrogens (primary N) is 1. The fourth-order valence-electron chi connectivity index (χ4n) is 1.77. The standard InChI is InChI=1S/C11H15N3/c1-8(12)6-10-4-3-5-11-7-13-9(2)14(10)11/h3-5,7-8H,6,12H2,1-2H3. The Morgan fingerprint density at radius 3 is 3.00 bits per heavy atom. The van der Waals surface area contributed by atoms with Gasteiger partial charge in [0.1, 0.15) is 5.82 Å². The molecule has 14 heavy (non-hydrogen) atoms. The van der Waals surface area contributed by atoms with E-state index in [-0.39, 0.29) is 6.04 Å². The van der Waals surface area contributed by atoms with E-state index in [0.29, 0.717) is 0 Å². The van der Waals surface area contributed by atoms with Crippen molar-refractivity contribution >= 4 is 5.52 Å². The highest BCUT2D eigenvalue weighted by Gasteiger charge is 2.05. The van der Waals surface area contributed by atoms with Crippen molar-refractivity contribution < 1.29 is 0 Å². The second-order valence-corrected chi connectivity index (χ2v) is 3.76. The van der Waals surface area contributed by atoms with Gasteiger partial charge in [0.25, 0.3) is 0 Å². The summed E-state index contributed by atoms with van der Waals surface area (Å²) in [5.41, 5.74) is 8.17. The third-order valence-electron chi connectivity index (χ3n) is 2.34. The number of pyridine rings is 1.